The molecule has 0 N–H and O–H groups in total. The summed E-state index contributed by atoms with van der Waals surface area (Å²) in [6, 6.07) is 8.10. The van der Waals surface area contributed by atoms with Crippen molar-refractivity contribution in [1.29, 1.82) is 0 Å². The van der Waals surface area contributed by atoms with E-state index in [4.69, 9.17) is 16.0 Å². The quantitative estimate of drug-likeness (QED) is 0.846. The molecule has 1 aliphatic heterocycles. The fourth-order valence-electron chi connectivity index (χ4n) is 2.83. The third-order valence-corrected chi connectivity index (χ3v) is 4.46. The molecule has 1 saturated heterocycles. The number of hydrogen-bond donors (Lipinski definition) is 0. The zero-order chi connectivity index (χ0) is 15.5. The molecule has 5 heteroatoms. The Hall–Kier alpha value is -1.39. The molecule has 0 radical (unpaired) electrons. The SMILES string of the molecule is CC(C)c1nnc(C2CCN(Cc3ccc(Cl)cc3)CC2)o1. The van der Waals surface area contributed by atoms with Crippen molar-refractivity contribution in [2.45, 2.75) is 45.1 Å². The van der Waals surface area contributed by atoms with Crippen LogP contribution in [-0.4, -0.2) is 28.2 Å². The van der Waals surface area contributed by atoms with Crippen LogP contribution in [0.4, 0.5) is 0 Å². The second-order valence-corrected chi connectivity index (χ2v) is 6.75. The highest BCUT2D eigenvalue weighted by atomic mass is 35.5. The maximum Gasteiger partial charge on any atom is 0.219 e. The monoisotopic (exact) mass is 319 g/mol. The van der Waals surface area contributed by atoms with Gasteiger partial charge in [0.1, 0.15) is 0 Å². The predicted molar refractivity (Wildman–Crippen MR) is 87.1 cm³/mol. The summed E-state index contributed by atoms with van der Waals surface area (Å²) in [5.41, 5.74) is 1.31. The van der Waals surface area contributed by atoms with Gasteiger partial charge in [0.05, 0.1) is 0 Å². The van der Waals surface area contributed by atoms with E-state index in [9.17, 15) is 0 Å². The molecule has 0 atom stereocenters. The van der Waals surface area contributed by atoms with Gasteiger partial charge in [-0.05, 0) is 43.6 Å². The Labute approximate surface area is 136 Å². The van der Waals surface area contributed by atoms with Crippen molar-refractivity contribution in [2.24, 2.45) is 0 Å². The van der Waals surface area contributed by atoms with E-state index in [0.29, 0.717) is 11.8 Å². The molecule has 0 spiro atoms. The average molecular weight is 320 g/mol. The molecule has 1 fully saturated rings. The van der Waals surface area contributed by atoms with Gasteiger partial charge in [-0.3, -0.25) is 4.90 Å². The van der Waals surface area contributed by atoms with Crippen molar-refractivity contribution >= 4 is 11.6 Å². The molecule has 3 rings (SSSR count). The van der Waals surface area contributed by atoms with Crippen molar-refractivity contribution in [3.63, 3.8) is 0 Å². The van der Waals surface area contributed by atoms with Crippen LogP contribution in [0.3, 0.4) is 0 Å². The van der Waals surface area contributed by atoms with Gasteiger partial charge >= 0.3 is 0 Å². The minimum Gasteiger partial charge on any atom is -0.425 e. The number of hydrogen-bond acceptors (Lipinski definition) is 4. The lowest BCUT2D eigenvalue weighted by Crippen LogP contribution is -2.32. The fourth-order valence-corrected chi connectivity index (χ4v) is 2.96. The molecule has 118 valence electrons. The van der Waals surface area contributed by atoms with Crippen LogP contribution in [0.25, 0.3) is 0 Å². The van der Waals surface area contributed by atoms with E-state index in [1.807, 2.05) is 12.1 Å². The summed E-state index contributed by atoms with van der Waals surface area (Å²) in [7, 11) is 0. The molecule has 4 nitrogen and oxygen atoms in total. The molecule has 22 heavy (non-hydrogen) atoms. The zero-order valence-corrected chi connectivity index (χ0v) is 13.9. The van der Waals surface area contributed by atoms with Gasteiger partial charge in [0.15, 0.2) is 0 Å². The van der Waals surface area contributed by atoms with E-state index >= 15 is 0 Å². The van der Waals surface area contributed by atoms with Crippen molar-refractivity contribution in [2.75, 3.05) is 13.1 Å². The largest absolute Gasteiger partial charge is 0.425 e. The summed E-state index contributed by atoms with van der Waals surface area (Å²) in [5.74, 6) is 2.26. The van der Waals surface area contributed by atoms with Crippen LogP contribution in [0.2, 0.25) is 5.02 Å². The third-order valence-electron chi connectivity index (χ3n) is 4.21. The van der Waals surface area contributed by atoms with Gasteiger partial charge in [-0.15, -0.1) is 10.2 Å². The number of nitrogens with zero attached hydrogens (tertiary/aromatic N) is 3. The number of likely N-dealkylation sites (tertiary alicyclic amines) is 1. The topological polar surface area (TPSA) is 42.2 Å². The van der Waals surface area contributed by atoms with E-state index in [-0.39, 0.29) is 0 Å². The number of piperidine rings is 1. The molecule has 0 unspecified atom stereocenters. The minimum absolute atomic E-state index is 0.297. The molecule has 0 amide bonds. The third kappa shape index (κ3) is 3.68. The predicted octanol–water partition coefficient (Wildman–Crippen LogP) is 4.23. The van der Waals surface area contributed by atoms with Gasteiger partial charge in [0.25, 0.3) is 0 Å². The smallest absolute Gasteiger partial charge is 0.219 e. The lowest BCUT2D eigenvalue weighted by molar-refractivity contribution is 0.191. The highest BCUT2D eigenvalue weighted by Gasteiger charge is 2.25. The molecular weight excluding hydrogens is 298 g/mol. The van der Waals surface area contributed by atoms with Gasteiger partial charge in [-0.25, -0.2) is 0 Å². The van der Waals surface area contributed by atoms with Crippen molar-refractivity contribution < 1.29 is 4.42 Å². The van der Waals surface area contributed by atoms with Crippen molar-refractivity contribution in [3.8, 4) is 0 Å². The van der Waals surface area contributed by atoms with Gasteiger partial charge in [-0.1, -0.05) is 37.6 Å². The van der Waals surface area contributed by atoms with Gasteiger partial charge in [0.2, 0.25) is 11.8 Å². The molecule has 0 aliphatic carbocycles. The Morgan fingerprint density at radius 1 is 1.18 bits per heavy atom. The fraction of sp³-hybridized carbons (Fsp3) is 0.529. The first-order valence-electron chi connectivity index (χ1n) is 7.92. The Morgan fingerprint density at radius 2 is 1.86 bits per heavy atom. The van der Waals surface area contributed by atoms with Crippen LogP contribution in [0, 0.1) is 0 Å². The zero-order valence-electron chi connectivity index (χ0n) is 13.1. The lowest BCUT2D eigenvalue weighted by atomic mass is 9.96. The van der Waals surface area contributed by atoms with Crippen LogP contribution in [-0.2, 0) is 6.54 Å². The Morgan fingerprint density at radius 3 is 2.45 bits per heavy atom. The Bertz CT molecular complexity index is 601. The second kappa shape index (κ2) is 6.80. The molecule has 0 saturated carbocycles. The number of benzene rings is 1. The molecule has 2 aromatic rings. The summed E-state index contributed by atoms with van der Waals surface area (Å²) < 4.78 is 5.80. The van der Waals surface area contributed by atoms with E-state index in [2.05, 4.69) is 41.1 Å². The number of halogens is 1. The van der Waals surface area contributed by atoms with Crippen LogP contribution < -0.4 is 0 Å². The normalized spacial score (nSPS) is 17.3. The van der Waals surface area contributed by atoms with Crippen LogP contribution in [0.5, 0.6) is 0 Å². The molecule has 2 heterocycles. The standard InChI is InChI=1S/C17H22ClN3O/c1-12(2)16-19-20-17(22-16)14-7-9-21(10-8-14)11-13-3-5-15(18)6-4-13/h3-6,12,14H,7-11H2,1-2H3. The summed E-state index contributed by atoms with van der Waals surface area (Å²) in [6.45, 7) is 7.25. The summed E-state index contributed by atoms with van der Waals surface area (Å²) in [4.78, 5) is 2.47. The number of aromatic nitrogens is 2. The van der Waals surface area contributed by atoms with E-state index < -0.39 is 0 Å². The highest BCUT2D eigenvalue weighted by Crippen LogP contribution is 2.29. The first-order valence-corrected chi connectivity index (χ1v) is 8.29. The molecule has 1 aromatic carbocycles. The average Bonchev–Trinajstić information content (AvgIpc) is 3.00. The Kier molecular flexibility index (Phi) is 4.79. The maximum atomic E-state index is 5.93. The molecule has 1 aromatic heterocycles. The summed E-state index contributed by atoms with van der Waals surface area (Å²) in [6.07, 6.45) is 2.15. The Balaban J connectivity index is 1.54. The molecule has 1 aliphatic rings. The van der Waals surface area contributed by atoms with E-state index in [1.165, 1.54) is 5.56 Å². The van der Waals surface area contributed by atoms with Crippen molar-refractivity contribution in [3.05, 3.63) is 46.6 Å². The lowest BCUT2D eigenvalue weighted by Gasteiger charge is -2.30. The number of rotatable bonds is 4. The minimum atomic E-state index is 0.297. The first-order chi connectivity index (χ1) is 10.6. The van der Waals surface area contributed by atoms with Gasteiger partial charge in [0, 0.05) is 23.4 Å². The first kappa shape index (κ1) is 15.5. The van der Waals surface area contributed by atoms with Crippen LogP contribution in [0.15, 0.2) is 28.7 Å². The summed E-state index contributed by atoms with van der Waals surface area (Å²) >= 11 is 5.93. The van der Waals surface area contributed by atoms with E-state index in [0.717, 1.165) is 49.3 Å². The second-order valence-electron chi connectivity index (χ2n) is 6.31. The van der Waals surface area contributed by atoms with Gasteiger partial charge in [-0.2, -0.15) is 0 Å². The van der Waals surface area contributed by atoms with Gasteiger partial charge < -0.3 is 4.42 Å². The highest BCUT2D eigenvalue weighted by molar-refractivity contribution is 6.30. The summed E-state index contributed by atoms with van der Waals surface area (Å²) in [5, 5.41) is 9.16. The van der Waals surface area contributed by atoms with E-state index in [1.54, 1.807) is 0 Å². The van der Waals surface area contributed by atoms with Crippen molar-refractivity contribution in [1.82, 2.24) is 15.1 Å². The molecule has 0 bridgehead atoms. The van der Waals surface area contributed by atoms with Crippen LogP contribution >= 0.6 is 11.6 Å². The van der Waals surface area contributed by atoms with Crippen LogP contribution in [0.1, 0.15) is 55.9 Å². The maximum absolute atomic E-state index is 5.93. The molecular formula is C17H22ClN3O.